The molecule has 6 heterocycles. The molecule has 8 aromatic carbocycles. The van der Waals surface area contributed by atoms with Crippen molar-refractivity contribution in [3.8, 4) is 39.8 Å². The van der Waals surface area contributed by atoms with Crippen molar-refractivity contribution < 1.29 is 91.6 Å². The van der Waals surface area contributed by atoms with Gasteiger partial charge in [-0.05, 0) is 269 Å². The highest BCUT2D eigenvalue weighted by Gasteiger charge is 2.25. The van der Waals surface area contributed by atoms with Crippen LogP contribution >= 0.6 is 11.6 Å². The number of carboxylic acids is 1. The lowest BCUT2D eigenvalue weighted by molar-refractivity contribution is -0.385. The highest BCUT2D eigenvalue weighted by molar-refractivity contribution is 6.17. The summed E-state index contributed by atoms with van der Waals surface area (Å²) in [6.07, 6.45) is 9.93. The monoisotopic (exact) mass is 1900 g/mol. The molecule has 1 fully saturated rings. The average molecular weight is 1900 g/mol. The van der Waals surface area contributed by atoms with Crippen molar-refractivity contribution in [1.29, 1.82) is 0 Å². The number of alkyl halides is 1. The number of carbonyl (C=O) groups is 9. The number of aromatic nitrogens is 10. The molecule has 0 spiro atoms. The van der Waals surface area contributed by atoms with Crippen molar-refractivity contribution in [2.45, 2.75) is 159 Å². The Labute approximate surface area is 798 Å². The number of likely N-dealkylation sites (tertiary alicyclic amines) is 1. The van der Waals surface area contributed by atoms with E-state index in [0.29, 0.717) is 56.5 Å². The third-order valence-electron chi connectivity index (χ3n) is 16.9. The van der Waals surface area contributed by atoms with Crippen LogP contribution in [0.4, 0.5) is 47.6 Å². The number of H-pyrrole nitrogens is 1. The third-order valence-corrected chi connectivity index (χ3v) is 17.2. The largest absolute Gasteiger partial charge is 0.508 e. The number of para-hydroxylation sites is 3. The Morgan fingerprint density at radius 3 is 1.04 bits per heavy atom. The minimum Gasteiger partial charge on any atom is -0.508 e. The van der Waals surface area contributed by atoms with Crippen molar-refractivity contribution >= 4 is 94.1 Å². The first-order valence-corrected chi connectivity index (χ1v) is 43.0. The Morgan fingerprint density at radius 1 is 0.431 bits per heavy atom. The van der Waals surface area contributed by atoms with E-state index in [9.17, 15) is 68.5 Å². The maximum Gasteiger partial charge on any atom is 0.435 e. The molecule has 5 aromatic heterocycles. The fourth-order valence-corrected chi connectivity index (χ4v) is 11.1. The van der Waals surface area contributed by atoms with Crippen molar-refractivity contribution in [3.63, 3.8) is 0 Å². The van der Waals surface area contributed by atoms with Gasteiger partial charge in [-0.15, -0.1) is 11.6 Å². The summed E-state index contributed by atoms with van der Waals surface area (Å²) in [5, 5.41) is 65.8. The summed E-state index contributed by atoms with van der Waals surface area (Å²) in [7, 11) is 0. The number of nitrogen functional groups attached to an aromatic ring is 1. The average Bonchev–Trinajstić information content (AvgIpc) is 1.72. The first-order chi connectivity index (χ1) is 64.6. The first kappa shape index (κ1) is 111. The van der Waals surface area contributed by atoms with E-state index in [4.69, 9.17) is 50.9 Å². The molecular formula is C99H115ClN16O21. The second-order valence-electron chi connectivity index (χ2n) is 33.2. The van der Waals surface area contributed by atoms with Gasteiger partial charge in [0.15, 0.2) is 0 Å². The van der Waals surface area contributed by atoms with Gasteiger partial charge in [0, 0.05) is 113 Å². The lowest BCUT2D eigenvalue weighted by Gasteiger charge is -2.23. The van der Waals surface area contributed by atoms with Gasteiger partial charge in [0.25, 0.3) is 23.2 Å². The summed E-state index contributed by atoms with van der Waals surface area (Å²) in [6, 6.07) is 66.8. The number of ether oxygens (including phenoxy) is 6. The van der Waals surface area contributed by atoms with Crippen LogP contribution in [-0.2, 0) is 28.5 Å². The quantitative estimate of drug-likeness (QED) is 0.00967. The molecule has 2 amide bonds. The van der Waals surface area contributed by atoms with Gasteiger partial charge < -0.3 is 55.0 Å². The Bertz CT molecular complexity index is 5860. The smallest absolute Gasteiger partial charge is 0.435 e. The predicted molar refractivity (Wildman–Crippen MR) is 519 cm³/mol. The zero-order valence-electron chi connectivity index (χ0n) is 79.2. The molecule has 1 aliphatic heterocycles. The number of amides is 2. The number of hydrogen-bond donors (Lipinski definition) is 6. The van der Waals surface area contributed by atoms with Crippen LogP contribution in [0.5, 0.6) is 17.2 Å². The van der Waals surface area contributed by atoms with E-state index in [0.717, 1.165) is 28.8 Å². The lowest BCUT2D eigenvalue weighted by Crippen LogP contribution is -2.28. The van der Waals surface area contributed by atoms with E-state index in [1.807, 2.05) is 90.9 Å². The van der Waals surface area contributed by atoms with Gasteiger partial charge >= 0.3 is 42.3 Å². The number of nitrogens with zero attached hydrogens (tertiary/aromatic N) is 12. The van der Waals surface area contributed by atoms with E-state index in [-0.39, 0.29) is 34.5 Å². The summed E-state index contributed by atoms with van der Waals surface area (Å²) >= 11 is 5.61. The highest BCUT2D eigenvalue weighted by Crippen LogP contribution is 2.28. The lowest BCUT2D eigenvalue weighted by atomic mass is 10.1. The number of phenols is 1. The number of piperidine rings is 1. The maximum absolute atomic E-state index is 12.6. The second kappa shape index (κ2) is 55.3. The molecule has 1 saturated heterocycles. The molecule has 0 atom stereocenters. The molecule has 13 aromatic rings. The summed E-state index contributed by atoms with van der Waals surface area (Å²) in [6.45, 7) is 32.2. The number of aromatic hydroxyl groups is 1. The van der Waals surface area contributed by atoms with Gasteiger partial charge in [-0.2, -0.15) is 44.2 Å². The van der Waals surface area contributed by atoms with E-state index in [2.05, 4.69) is 46.1 Å². The van der Waals surface area contributed by atoms with Gasteiger partial charge in [0.2, 0.25) is 0 Å². The number of nitrogens with one attached hydrogen (secondary N) is 3. The van der Waals surface area contributed by atoms with Crippen LogP contribution in [-0.4, -0.2) is 170 Å². The number of aromatic amines is 1. The number of phenolic OH excluding ortho intramolecular Hbond substituents is 1. The molecule has 0 unspecified atom stereocenters. The number of carbonyl (C=O) groups excluding carboxylic acids is 8. The molecule has 137 heavy (non-hydrogen) atoms. The minimum atomic E-state index is -1.01. The fraction of sp³-hybridized carbons (Fsp3) is 0.273. The van der Waals surface area contributed by atoms with Gasteiger partial charge in [0.1, 0.15) is 39.7 Å². The van der Waals surface area contributed by atoms with Crippen LogP contribution in [0.25, 0.3) is 22.5 Å². The Morgan fingerprint density at radius 2 is 0.766 bits per heavy atom. The number of aromatic carboxylic acids is 1. The topological polar surface area (TPSA) is 489 Å². The molecule has 0 radical (unpaired) electrons. The number of aryl methyl sites for hydroxylation is 3. The van der Waals surface area contributed by atoms with Crippen molar-refractivity contribution in [2.24, 2.45) is 0 Å². The molecule has 37 nitrogen and oxygen atoms in total. The zero-order valence-corrected chi connectivity index (χ0v) is 80.0. The Kier molecular flexibility index (Phi) is 44.8. The van der Waals surface area contributed by atoms with Crippen LogP contribution < -0.4 is 25.8 Å². The number of nitro benzene ring substituents is 2. The standard InChI is InChI=1S/C23H23N3O5.C21H21N3O4.2C9H14N2O2.C9H8O4.C6H12ClN.2C6H5NO2.C6H7N.C4H6N2/c1-15(27)30-19-10-8-16(9-11-19)21(28)25-18-7-5-6-17(14-18)20-12-13-24-26(20)22(29)31-23(2,3)4;1-21(2,3)28-20(27)24-18(11-12-22-24)15-5-4-6-16(13-15)23-19(26)14-7-9-17(25)10-8-14;2*1-7-5-6-10-11(7)8(12)13-9(2,3)4;1-6(10)13-8-4-2-7(3-5-8)9(11)12;7-6-8-4-2-1-3-5-8;2*8-7(9)6-4-2-1-3-5-6;7-6-4-2-1-3-5-6;1-4-2-3-5-6-4/h5-14H,1-4H3,(H,25,28);4-13,25H,1-3H3,(H,23,26);2*5-6H,1-4H3;2-5H,1H3,(H,11,12);1-6H2;2*1-5H;1-5H,7H2;2-3H,1H3,(H,5,6). The van der Waals surface area contributed by atoms with Crippen LogP contribution in [0.2, 0.25) is 0 Å². The number of hydrogen-bond acceptors (Lipinski definition) is 27. The number of anilines is 3. The van der Waals surface area contributed by atoms with Gasteiger partial charge in [0.05, 0.1) is 45.2 Å². The zero-order chi connectivity index (χ0) is 102. The molecule has 0 bridgehead atoms. The van der Waals surface area contributed by atoms with Gasteiger partial charge in [-0.1, -0.05) is 85.3 Å². The molecule has 14 rings (SSSR count). The minimum absolute atomic E-state index is 0.0916. The number of nitro groups is 2. The van der Waals surface area contributed by atoms with E-state index >= 15 is 0 Å². The number of non-ortho nitro benzene ring substituents is 2. The van der Waals surface area contributed by atoms with Gasteiger partial charge in [-0.3, -0.25) is 49.4 Å². The highest BCUT2D eigenvalue weighted by atomic mass is 35.5. The molecular weight excluding hydrogens is 1780 g/mol. The molecule has 0 saturated carbocycles. The fourth-order valence-electron chi connectivity index (χ4n) is 10.8. The van der Waals surface area contributed by atoms with Crippen LogP contribution in [0.1, 0.15) is 164 Å². The first-order valence-electron chi connectivity index (χ1n) is 42.5. The molecule has 1 aliphatic rings. The Hall–Kier alpha value is -16.3. The number of halogens is 1. The Balaban J connectivity index is 0.000000283. The SMILES string of the molecule is CC(=O)Oc1ccc(C(=O)Nc2cccc(-c3ccnn3C(=O)OC(C)(C)C)c2)cc1.CC(=O)Oc1ccc(C(=O)O)cc1.CC(C)(C)OC(=O)n1nccc1-c1cccc(NC(=O)c2ccc(O)cc2)c1.Cc1ccn[nH]1.Cc1ccnn1C(=O)OC(C)(C)C.Cc1ccnn1C(=O)OC(C)(C)C.ClCN1CCCCC1.Nc1ccccc1.O=[N+]([O-])c1ccccc1.O=[N+]([O-])c1ccccc1. The molecule has 38 heteroatoms. The number of benzene rings is 8. The molecule has 724 valence electrons. The summed E-state index contributed by atoms with van der Waals surface area (Å²) in [5.41, 5.74) is 11.4. The molecule has 7 N–H and O–H groups in total. The molecule has 0 aliphatic carbocycles. The van der Waals surface area contributed by atoms with Gasteiger partial charge in [-0.25, -0.2) is 24.0 Å². The summed E-state index contributed by atoms with van der Waals surface area (Å²) < 4.78 is 35.6. The van der Waals surface area contributed by atoms with E-state index in [1.54, 1.807) is 201 Å². The summed E-state index contributed by atoms with van der Waals surface area (Å²) in [5.74, 6) is -1.70. The van der Waals surface area contributed by atoms with Crippen LogP contribution in [0, 0.1) is 41.0 Å². The van der Waals surface area contributed by atoms with Crippen molar-refractivity contribution in [1.82, 2.24) is 54.2 Å². The maximum atomic E-state index is 12.6. The van der Waals surface area contributed by atoms with Crippen molar-refractivity contribution in [3.05, 3.63) is 328 Å². The van der Waals surface area contributed by atoms with E-state index in [1.165, 1.54) is 150 Å². The second-order valence-corrected chi connectivity index (χ2v) is 33.5. The third kappa shape index (κ3) is 43.7. The van der Waals surface area contributed by atoms with Crippen LogP contribution in [0.3, 0.4) is 0 Å². The van der Waals surface area contributed by atoms with E-state index < -0.39 is 74.5 Å². The predicted octanol–water partition coefficient (Wildman–Crippen LogP) is 20.9. The number of esters is 2. The number of rotatable bonds is 12. The number of carboxylic acid groups (broad SMARTS) is 1. The summed E-state index contributed by atoms with van der Waals surface area (Å²) in [4.78, 5) is 126. The number of nitrogens with two attached hydrogens (primary N) is 1. The van der Waals surface area contributed by atoms with Crippen LogP contribution in [0.15, 0.2) is 274 Å². The normalized spacial score (nSPS) is 11.2. The van der Waals surface area contributed by atoms with Crippen molar-refractivity contribution in [2.75, 3.05) is 35.5 Å².